The number of amides is 2. The second-order valence-corrected chi connectivity index (χ2v) is 9.15. The Balaban J connectivity index is 1.54. The largest absolute Gasteiger partial charge is 0.480 e. The predicted molar refractivity (Wildman–Crippen MR) is 138 cm³/mol. The maximum absolute atomic E-state index is 12.7. The standard InChI is InChI=1S/C26H28N6O3S/c1-35-26-18(12-13-19(32-26)17-8-4-2-5-9-17)21-14-29-24(30-21)20(10-6-3-7-11-23(27)33)31-25(34)22-15-28-16-36-22/h2,4-5,8-9,12-16,20H,3,6-7,10-11H2,1H3,(H2,27,33)(H,29,30)(H,31,34)/t20-/m0/s1. The van der Waals surface area contributed by atoms with Crippen LogP contribution in [-0.4, -0.2) is 38.9 Å². The van der Waals surface area contributed by atoms with Crippen molar-refractivity contribution in [3.8, 4) is 28.4 Å². The highest BCUT2D eigenvalue weighted by atomic mass is 32.1. The number of imidazole rings is 1. The molecule has 0 aliphatic carbocycles. The van der Waals surface area contributed by atoms with Crippen molar-refractivity contribution >= 4 is 23.2 Å². The fraction of sp³-hybridized carbons (Fsp3) is 0.269. The molecule has 0 fully saturated rings. The molecule has 0 saturated heterocycles. The van der Waals surface area contributed by atoms with E-state index in [0.717, 1.165) is 35.4 Å². The van der Waals surface area contributed by atoms with Crippen LogP contribution in [0.3, 0.4) is 0 Å². The van der Waals surface area contributed by atoms with Crippen molar-refractivity contribution < 1.29 is 14.3 Å². The Morgan fingerprint density at radius 1 is 1.11 bits per heavy atom. The third-order valence-corrected chi connectivity index (χ3v) is 6.49. The second kappa shape index (κ2) is 12.1. The lowest BCUT2D eigenvalue weighted by atomic mass is 10.1. The van der Waals surface area contributed by atoms with Gasteiger partial charge in [0.15, 0.2) is 0 Å². The smallest absolute Gasteiger partial charge is 0.263 e. The Morgan fingerprint density at radius 2 is 1.94 bits per heavy atom. The molecule has 0 radical (unpaired) electrons. The summed E-state index contributed by atoms with van der Waals surface area (Å²) in [4.78, 5) is 40.9. The van der Waals surface area contributed by atoms with Crippen molar-refractivity contribution in [1.82, 2.24) is 25.3 Å². The van der Waals surface area contributed by atoms with Crippen molar-refractivity contribution in [3.05, 3.63) is 71.1 Å². The van der Waals surface area contributed by atoms with Gasteiger partial charge in [0, 0.05) is 12.0 Å². The number of carbonyl (C=O) groups excluding carboxylic acids is 2. The minimum absolute atomic E-state index is 0.205. The quantitative estimate of drug-likeness (QED) is 0.243. The van der Waals surface area contributed by atoms with Crippen LogP contribution < -0.4 is 15.8 Å². The summed E-state index contributed by atoms with van der Waals surface area (Å²) >= 11 is 1.28. The average molecular weight is 505 g/mol. The molecule has 3 aromatic heterocycles. The number of nitrogens with zero attached hydrogens (tertiary/aromatic N) is 3. The van der Waals surface area contributed by atoms with Crippen LogP contribution in [-0.2, 0) is 4.79 Å². The van der Waals surface area contributed by atoms with Gasteiger partial charge >= 0.3 is 0 Å². The van der Waals surface area contributed by atoms with Crippen molar-refractivity contribution in [1.29, 1.82) is 0 Å². The topological polar surface area (TPSA) is 136 Å². The third kappa shape index (κ3) is 6.33. The van der Waals surface area contributed by atoms with Gasteiger partial charge in [-0.25, -0.2) is 9.97 Å². The summed E-state index contributed by atoms with van der Waals surface area (Å²) in [5.41, 5.74) is 10.2. The fourth-order valence-corrected chi connectivity index (χ4v) is 4.40. The fourth-order valence-electron chi connectivity index (χ4n) is 3.88. The zero-order valence-electron chi connectivity index (χ0n) is 19.9. The van der Waals surface area contributed by atoms with Gasteiger partial charge in [0.2, 0.25) is 11.8 Å². The third-order valence-electron chi connectivity index (χ3n) is 5.72. The van der Waals surface area contributed by atoms with Crippen LogP contribution in [0.1, 0.15) is 53.6 Å². The summed E-state index contributed by atoms with van der Waals surface area (Å²) in [6.07, 6.45) is 6.60. The summed E-state index contributed by atoms with van der Waals surface area (Å²) in [6, 6.07) is 13.4. The molecule has 0 saturated carbocycles. The molecule has 3 heterocycles. The molecule has 0 aliphatic rings. The van der Waals surface area contributed by atoms with Crippen molar-refractivity contribution in [2.75, 3.05) is 7.11 Å². The summed E-state index contributed by atoms with van der Waals surface area (Å²) in [6.45, 7) is 0. The van der Waals surface area contributed by atoms with E-state index in [-0.39, 0.29) is 17.9 Å². The van der Waals surface area contributed by atoms with E-state index in [1.807, 2.05) is 42.5 Å². The number of carbonyl (C=O) groups is 2. The average Bonchev–Trinajstić information content (AvgIpc) is 3.61. The minimum Gasteiger partial charge on any atom is -0.480 e. The molecule has 0 unspecified atom stereocenters. The number of benzene rings is 1. The van der Waals surface area contributed by atoms with Crippen molar-refractivity contribution in [2.45, 2.75) is 38.1 Å². The number of primary amides is 1. The molecule has 0 spiro atoms. The molecule has 9 nitrogen and oxygen atoms in total. The summed E-state index contributed by atoms with van der Waals surface area (Å²) in [7, 11) is 1.59. The number of nitrogens with one attached hydrogen (secondary N) is 2. The van der Waals surface area contributed by atoms with E-state index in [1.165, 1.54) is 11.3 Å². The molecule has 4 aromatic rings. The second-order valence-electron chi connectivity index (χ2n) is 8.26. The Hall–Kier alpha value is -4.05. The van der Waals surface area contributed by atoms with Crippen LogP contribution in [0.2, 0.25) is 0 Å². The Morgan fingerprint density at radius 3 is 2.67 bits per heavy atom. The molecule has 2 amide bonds. The Labute approximate surface area is 213 Å². The number of unbranched alkanes of at least 4 members (excludes halogenated alkanes) is 2. The Kier molecular flexibility index (Phi) is 8.40. The molecule has 1 aromatic carbocycles. The van der Waals surface area contributed by atoms with E-state index in [4.69, 9.17) is 10.5 Å². The summed E-state index contributed by atoms with van der Waals surface area (Å²) < 4.78 is 5.58. The lowest BCUT2D eigenvalue weighted by Crippen LogP contribution is -2.28. The SMILES string of the molecule is COc1nc(-c2ccccc2)ccc1-c1cnc([C@H](CCCCCC(N)=O)NC(=O)c2cncs2)[nH]1. The number of ether oxygens (including phenoxy) is 1. The molecule has 10 heteroatoms. The minimum atomic E-state index is -0.343. The molecule has 0 bridgehead atoms. The van der Waals surface area contributed by atoms with E-state index in [2.05, 4.69) is 25.3 Å². The summed E-state index contributed by atoms with van der Waals surface area (Å²) in [5, 5.41) is 3.06. The van der Waals surface area contributed by atoms with Gasteiger partial charge in [0.25, 0.3) is 5.91 Å². The van der Waals surface area contributed by atoms with Gasteiger partial charge in [-0.05, 0) is 25.0 Å². The molecule has 186 valence electrons. The lowest BCUT2D eigenvalue weighted by Gasteiger charge is -2.16. The Bertz CT molecular complexity index is 1290. The van der Waals surface area contributed by atoms with Crippen molar-refractivity contribution in [3.63, 3.8) is 0 Å². The molecule has 0 aliphatic heterocycles. The van der Waals surface area contributed by atoms with E-state index >= 15 is 0 Å². The predicted octanol–water partition coefficient (Wildman–Crippen LogP) is 4.51. The lowest BCUT2D eigenvalue weighted by molar-refractivity contribution is -0.118. The van der Waals surface area contributed by atoms with Gasteiger partial charge < -0.3 is 20.8 Å². The number of aromatic nitrogens is 4. The molecule has 4 rings (SSSR count). The first-order valence-corrected chi connectivity index (χ1v) is 12.6. The number of nitrogens with two attached hydrogens (primary N) is 1. The van der Waals surface area contributed by atoms with Crippen LogP contribution in [0.4, 0.5) is 0 Å². The number of aromatic amines is 1. The zero-order valence-corrected chi connectivity index (χ0v) is 20.8. The normalized spacial score (nSPS) is 11.7. The number of H-pyrrole nitrogens is 1. The maximum atomic E-state index is 12.7. The number of thiazole rings is 1. The molecular weight excluding hydrogens is 476 g/mol. The van der Waals surface area contributed by atoms with Gasteiger partial charge in [-0.1, -0.05) is 43.2 Å². The highest BCUT2D eigenvalue weighted by molar-refractivity contribution is 7.11. The zero-order chi connectivity index (χ0) is 25.3. The van der Waals surface area contributed by atoms with Crippen molar-refractivity contribution in [2.24, 2.45) is 5.73 Å². The van der Waals surface area contributed by atoms with Gasteiger partial charge in [-0.3, -0.25) is 14.6 Å². The van der Waals surface area contributed by atoms with Crippen LogP contribution >= 0.6 is 11.3 Å². The van der Waals surface area contributed by atoms with Gasteiger partial charge in [0.1, 0.15) is 10.7 Å². The van der Waals surface area contributed by atoms with E-state index in [9.17, 15) is 9.59 Å². The highest BCUT2D eigenvalue weighted by Crippen LogP contribution is 2.31. The van der Waals surface area contributed by atoms with Crippen LogP contribution in [0.5, 0.6) is 5.88 Å². The molecule has 36 heavy (non-hydrogen) atoms. The van der Waals surface area contributed by atoms with Crippen LogP contribution in [0.25, 0.3) is 22.5 Å². The first-order valence-electron chi connectivity index (χ1n) is 11.7. The maximum Gasteiger partial charge on any atom is 0.263 e. The first-order chi connectivity index (χ1) is 17.5. The summed E-state index contributed by atoms with van der Waals surface area (Å²) in [5.74, 6) is 0.598. The monoisotopic (exact) mass is 504 g/mol. The number of hydrogen-bond acceptors (Lipinski definition) is 7. The molecule has 1 atom stereocenters. The first kappa shape index (κ1) is 25.1. The number of methoxy groups -OCH3 is 1. The van der Waals surface area contributed by atoms with Gasteiger partial charge in [-0.2, -0.15) is 0 Å². The number of rotatable bonds is 12. The molecule has 4 N–H and O–H groups in total. The van der Waals surface area contributed by atoms with Crippen LogP contribution in [0, 0.1) is 0 Å². The van der Waals surface area contributed by atoms with E-state index in [0.29, 0.717) is 35.8 Å². The highest BCUT2D eigenvalue weighted by Gasteiger charge is 2.21. The number of pyridine rings is 1. The van der Waals surface area contributed by atoms with Gasteiger partial charge in [-0.15, -0.1) is 11.3 Å². The van der Waals surface area contributed by atoms with E-state index in [1.54, 1.807) is 25.0 Å². The molecular formula is C26H28N6O3S. The number of hydrogen-bond donors (Lipinski definition) is 3. The van der Waals surface area contributed by atoms with E-state index < -0.39 is 0 Å². The van der Waals surface area contributed by atoms with Crippen LogP contribution in [0.15, 0.2) is 60.4 Å². The van der Waals surface area contributed by atoms with Gasteiger partial charge in [0.05, 0.1) is 48.0 Å².